The van der Waals surface area contributed by atoms with Crippen LogP contribution < -0.4 is 5.32 Å². The van der Waals surface area contributed by atoms with E-state index in [4.69, 9.17) is 4.74 Å². The van der Waals surface area contributed by atoms with Crippen molar-refractivity contribution in [2.75, 3.05) is 6.61 Å². The fourth-order valence-electron chi connectivity index (χ4n) is 2.33. The fourth-order valence-corrected chi connectivity index (χ4v) is 2.33. The molecule has 1 aromatic carbocycles. The van der Waals surface area contributed by atoms with Crippen molar-refractivity contribution in [3.05, 3.63) is 35.4 Å². The first kappa shape index (κ1) is 9.37. The molecule has 1 heterocycles. The van der Waals surface area contributed by atoms with E-state index in [2.05, 4.69) is 36.5 Å². The molecule has 3 rings (SSSR count). The fraction of sp³-hybridized carbons (Fsp3) is 0.538. The van der Waals surface area contributed by atoms with E-state index in [0.29, 0.717) is 12.1 Å². The summed E-state index contributed by atoms with van der Waals surface area (Å²) in [4.78, 5) is 0. The van der Waals surface area contributed by atoms with Gasteiger partial charge in [-0.3, -0.25) is 0 Å². The molecule has 0 saturated heterocycles. The molecule has 1 fully saturated rings. The normalized spacial score (nSPS) is 33.5. The highest BCUT2D eigenvalue weighted by molar-refractivity contribution is 5.31. The third-order valence-electron chi connectivity index (χ3n) is 3.50. The van der Waals surface area contributed by atoms with E-state index >= 15 is 0 Å². The third-order valence-corrected chi connectivity index (χ3v) is 3.50. The van der Waals surface area contributed by atoms with Gasteiger partial charge in [0.2, 0.25) is 0 Å². The van der Waals surface area contributed by atoms with Crippen LogP contribution >= 0.6 is 0 Å². The maximum absolute atomic E-state index is 5.61. The van der Waals surface area contributed by atoms with Gasteiger partial charge in [0.05, 0.1) is 19.3 Å². The van der Waals surface area contributed by atoms with Gasteiger partial charge in [-0.2, -0.15) is 0 Å². The first-order valence-electron chi connectivity index (χ1n) is 5.76. The van der Waals surface area contributed by atoms with Crippen molar-refractivity contribution in [1.29, 1.82) is 0 Å². The van der Waals surface area contributed by atoms with Crippen LogP contribution in [-0.4, -0.2) is 12.6 Å². The van der Waals surface area contributed by atoms with Crippen LogP contribution in [0.3, 0.4) is 0 Å². The summed E-state index contributed by atoms with van der Waals surface area (Å²) in [7, 11) is 0. The molecule has 3 unspecified atom stereocenters. The Bertz CT molecular complexity index is 363. The van der Waals surface area contributed by atoms with Crippen molar-refractivity contribution in [2.24, 2.45) is 5.92 Å². The summed E-state index contributed by atoms with van der Waals surface area (Å²) in [5.41, 5.74) is 2.78. The molecule has 2 aliphatic rings. The predicted molar refractivity (Wildman–Crippen MR) is 59.5 cm³/mol. The van der Waals surface area contributed by atoms with Crippen LogP contribution in [0.15, 0.2) is 24.3 Å². The smallest absolute Gasteiger partial charge is 0.0721 e. The molecule has 2 heteroatoms. The minimum atomic E-state index is 0.407. The largest absolute Gasteiger partial charge is 0.375 e. The van der Waals surface area contributed by atoms with Crippen molar-refractivity contribution in [3.8, 4) is 0 Å². The Kier molecular flexibility index (Phi) is 2.26. The Hall–Kier alpha value is -0.860. The zero-order valence-electron chi connectivity index (χ0n) is 9.07. The molecule has 1 aromatic rings. The minimum absolute atomic E-state index is 0.407. The van der Waals surface area contributed by atoms with Crippen LogP contribution in [0.2, 0.25) is 0 Å². The lowest BCUT2D eigenvalue weighted by Gasteiger charge is -2.26. The van der Waals surface area contributed by atoms with E-state index in [1.165, 1.54) is 17.5 Å². The SMILES string of the molecule is CC1CC1NC1COCc2ccccc21. The Morgan fingerprint density at radius 1 is 1.33 bits per heavy atom. The summed E-state index contributed by atoms with van der Waals surface area (Å²) in [6.45, 7) is 3.89. The molecule has 0 bridgehead atoms. The predicted octanol–water partition coefficient (Wildman–Crippen LogP) is 2.26. The van der Waals surface area contributed by atoms with Crippen LogP contribution in [0.5, 0.6) is 0 Å². The van der Waals surface area contributed by atoms with Gasteiger partial charge < -0.3 is 10.1 Å². The van der Waals surface area contributed by atoms with Gasteiger partial charge in [0.15, 0.2) is 0 Å². The molecule has 0 radical (unpaired) electrons. The molecule has 3 atom stereocenters. The molecule has 0 spiro atoms. The zero-order chi connectivity index (χ0) is 10.3. The van der Waals surface area contributed by atoms with E-state index in [1.54, 1.807) is 0 Å². The summed E-state index contributed by atoms with van der Waals surface area (Å²) in [6.07, 6.45) is 1.32. The van der Waals surface area contributed by atoms with Crippen molar-refractivity contribution >= 4 is 0 Å². The number of ether oxygens (including phenoxy) is 1. The van der Waals surface area contributed by atoms with Crippen molar-refractivity contribution in [2.45, 2.75) is 32.0 Å². The Labute approximate surface area is 90.6 Å². The molecule has 15 heavy (non-hydrogen) atoms. The molecular weight excluding hydrogens is 186 g/mol. The van der Waals surface area contributed by atoms with Gasteiger partial charge in [0.1, 0.15) is 0 Å². The van der Waals surface area contributed by atoms with Crippen LogP contribution in [0, 0.1) is 5.92 Å². The Morgan fingerprint density at radius 2 is 2.13 bits per heavy atom. The van der Waals surface area contributed by atoms with E-state index in [0.717, 1.165) is 19.1 Å². The lowest BCUT2D eigenvalue weighted by molar-refractivity contribution is 0.0812. The highest BCUT2D eigenvalue weighted by Gasteiger charge is 2.35. The lowest BCUT2D eigenvalue weighted by Crippen LogP contribution is -2.31. The summed E-state index contributed by atoms with van der Waals surface area (Å²) in [6, 6.07) is 9.72. The second kappa shape index (κ2) is 3.62. The average molecular weight is 203 g/mol. The van der Waals surface area contributed by atoms with Crippen LogP contribution in [0.25, 0.3) is 0 Å². The zero-order valence-corrected chi connectivity index (χ0v) is 9.07. The molecule has 80 valence electrons. The molecule has 1 N–H and O–H groups in total. The molecule has 1 aliphatic heterocycles. The Morgan fingerprint density at radius 3 is 2.93 bits per heavy atom. The van der Waals surface area contributed by atoms with Gasteiger partial charge in [0, 0.05) is 6.04 Å². The first-order valence-corrected chi connectivity index (χ1v) is 5.76. The first-order chi connectivity index (χ1) is 7.34. The number of hydrogen-bond donors (Lipinski definition) is 1. The van der Waals surface area contributed by atoms with E-state index in [9.17, 15) is 0 Å². The molecule has 0 aromatic heterocycles. The van der Waals surface area contributed by atoms with Crippen molar-refractivity contribution in [3.63, 3.8) is 0 Å². The standard InChI is InChI=1S/C13H17NO/c1-9-6-12(9)14-13-8-15-7-10-4-2-3-5-11(10)13/h2-5,9,12-14H,6-8H2,1H3. The molecule has 0 amide bonds. The monoisotopic (exact) mass is 203 g/mol. The quantitative estimate of drug-likeness (QED) is 0.796. The summed E-state index contributed by atoms with van der Waals surface area (Å²) < 4.78 is 5.61. The molecular formula is C13H17NO. The lowest BCUT2D eigenvalue weighted by atomic mass is 9.99. The van der Waals surface area contributed by atoms with E-state index in [1.807, 2.05) is 0 Å². The van der Waals surface area contributed by atoms with Crippen LogP contribution in [0.4, 0.5) is 0 Å². The number of fused-ring (bicyclic) bond motifs is 1. The second-order valence-electron chi connectivity index (χ2n) is 4.75. The topological polar surface area (TPSA) is 21.3 Å². The van der Waals surface area contributed by atoms with Crippen molar-refractivity contribution < 1.29 is 4.74 Å². The van der Waals surface area contributed by atoms with Crippen LogP contribution in [-0.2, 0) is 11.3 Å². The summed E-state index contributed by atoms with van der Waals surface area (Å²) in [5.74, 6) is 0.846. The number of benzene rings is 1. The highest BCUT2D eigenvalue weighted by atomic mass is 16.5. The summed E-state index contributed by atoms with van der Waals surface area (Å²) in [5, 5.41) is 3.67. The molecule has 1 aliphatic carbocycles. The van der Waals surface area contributed by atoms with Crippen molar-refractivity contribution in [1.82, 2.24) is 5.32 Å². The van der Waals surface area contributed by atoms with E-state index in [-0.39, 0.29) is 0 Å². The highest BCUT2D eigenvalue weighted by Crippen LogP contribution is 2.33. The number of rotatable bonds is 2. The van der Waals surface area contributed by atoms with E-state index < -0.39 is 0 Å². The number of nitrogens with one attached hydrogen (secondary N) is 1. The molecule has 2 nitrogen and oxygen atoms in total. The van der Waals surface area contributed by atoms with Gasteiger partial charge in [-0.05, 0) is 23.5 Å². The average Bonchev–Trinajstić information content (AvgIpc) is 2.95. The Balaban J connectivity index is 1.80. The van der Waals surface area contributed by atoms with Gasteiger partial charge in [-0.1, -0.05) is 31.2 Å². The van der Waals surface area contributed by atoms with Gasteiger partial charge in [-0.15, -0.1) is 0 Å². The summed E-state index contributed by atoms with van der Waals surface area (Å²) >= 11 is 0. The van der Waals surface area contributed by atoms with Gasteiger partial charge in [-0.25, -0.2) is 0 Å². The van der Waals surface area contributed by atoms with Gasteiger partial charge >= 0.3 is 0 Å². The minimum Gasteiger partial charge on any atom is -0.375 e. The maximum Gasteiger partial charge on any atom is 0.0721 e. The number of hydrogen-bond acceptors (Lipinski definition) is 2. The molecule has 1 saturated carbocycles. The maximum atomic E-state index is 5.61. The van der Waals surface area contributed by atoms with Gasteiger partial charge in [0.25, 0.3) is 0 Å². The van der Waals surface area contributed by atoms with Crippen LogP contribution in [0.1, 0.15) is 30.5 Å². The second-order valence-corrected chi connectivity index (χ2v) is 4.75. The third kappa shape index (κ3) is 1.80.